The van der Waals surface area contributed by atoms with Crippen molar-refractivity contribution in [3.8, 4) is 5.75 Å². The van der Waals surface area contributed by atoms with Crippen molar-refractivity contribution < 1.29 is 14.3 Å². The van der Waals surface area contributed by atoms with Crippen molar-refractivity contribution in [3.05, 3.63) is 29.3 Å². The number of rotatable bonds is 3. The smallest absolute Gasteiger partial charge is 0.260 e. The number of nitrogens with one attached hydrogen (secondary N) is 1. The highest BCUT2D eigenvalue weighted by Gasteiger charge is 2.38. The van der Waals surface area contributed by atoms with Gasteiger partial charge in [0, 0.05) is 19.6 Å². The van der Waals surface area contributed by atoms with Crippen LogP contribution in [0.2, 0.25) is 0 Å². The zero-order valence-corrected chi connectivity index (χ0v) is 13.8. The molecule has 22 heavy (non-hydrogen) atoms. The molecule has 2 aliphatic heterocycles. The Morgan fingerprint density at radius 1 is 1.36 bits per heavy atom. The lowest BCUT2D eigenvalue weighted by Crippen LogP contribution is -2.54. The Hall–Kier alpha value is -1.30. The Morgan fingerprint density at radius 2 is 2.09 bits per heavy atom. The van der Waals surface area contributed by atoms with Crippen molar-refractivity contribution in [2.24, 2.45) is 0 Å². The molecule has 2 saturated heterocycles. The zero-order chi connectivity index (χ0) is 14.8. The largest absolute Gasteiger partial charge is 0.483 e. The van der Waals surface area contributed by atoms with Gasteiger partial charge in [-0.3, -0.25) is 4.79 Å². The predicted octanol–water partition coefficient (Wildman–Crippen LogP) is 1.30. The summed E-state index contributed by atoms with van der Waals surface area (Å²) in [5.74, 6) is 0.861. The van der Waals surface area contributed by atoms with Crippen LogP contribution < -0.4 is 10.1 Å². The molecule has 0 spiro atoms. The molecule has 1 aromatic carbocycles. The molecular weight excluding hydrogens is 304 g/mol. The van der Waals surface area contributed by atoms with E-state index in [1.807, 2.05) is 36.9 Å². The SMILES string of the molecule is Cc1cccc(C)c1OCC(=O)N1CCO[C@H]2CNC[C@H]21.Cl. The molecular formula is C16H23ClN2O3. The molecule has 2 fully saturated rings. The van der Waals surface area contributed by atoms with Crippen LogP contribution >= 0.6 is 12.4 Å². The molecule has 122 valence electrons. The van der Waals surface area contributed by atoms with Gasteiger partial charge >= 0.3 is 0 Å². The summed E-state index contributed by atoms with van der Waals surface area (Å²) in [6, 6.07) is 6.14. The fraction of sp³-hybridized carbons (Fsp3) is 0.562. The minimum absolute atomic E-state index is 0. The highest BCUT2D eigenvalue weighted by molar-refractivity contribution is 5.85. The second kappa shape index (κ2) is 7.31. The summed E-state index contributed by atoms with van der Waals surface area (Å²) < 4.78 is 11.5. The van der Waals surface area contributed by atoms with E-state index in [2.05, 4.69) is 5.32 Å². The Morgan fingerprint density at radius 3 is 2.82 bits per heavy atom. The van der Waals surface area contributed by atoms with E-state index in [1.54, 1.807) is 0 Å². The fourth-order valence-electron chi connectivity index (χ4n) is 3.14. The second-order valence-electron chi connectivity index (χ2n) is 5.73. The average molecular weight is 327 g/mol. The lowest BCUT2D eigenvalue weighted by molar-refractivity contribution is -0.144. The molecule has 6 heteroatoms. The van der Waals surface area contributed by atoms with Crippen LogP contribution in [0.15, 0.2) is 18.2 Å². The number of halogens is 1. The van der Waals surface area contributed by atoms with Gasteiger partial charge in [-0.05, 0) is 25.0 Å². The Kier molecular flexibility index (Phi) is 5.67. The van der Waals surface area contributed by atoms with Crippen LogP contribution in [0, 0.1) is 13.8 Å². The van der Waals surface area contributed by atoms with E-state index in [-0.39, 0.29) is 37.1 Å². The number of benzene rings is 1. The van der Waals surface area contributed by atoms with Gasteiger partial charge in [0.05, 0.1) is 18.8 Å². The maximum Gasteiger partial charge on any atom is 0.260 e. The molecule has 0 aliphatic carbocycles. The van der Waals surface area contributed by atoms with Gasteiger partial charge in [-0.15, -0.1) is 12.4 Å². The minimum Gasteiger partial charge on any atom is -0.483 e. The summed E-state index contributed by atoms with van der Waals surface area (Å²) >= 11 is 0. The first-order chi connectivity index (χ1) is 10.2. The molecule has 5 nitrogen and oxygen atoms in total. The first-order valence-electron chi connectivity index (χ1n) is 7.47. The maximum absolute atomic E-state index is 12.5. The van der Waals surface area contributed by atoms with Crippen LogP contribution in [0.1, 0.15) is 11.1 Å². The lowest BCUT2D eigenvalue weighted by atomic mass is 10.1. The topological polar surface area (TPSA) is 50.8 Å². The van der Waals surface area contributed by atoms with Gasteiger partial charge in [-0.2, -0.15) is 0 Å². The van der Waals surface area contributed by atoms with Crippen molar-refractivity contribution in [2.45, 2.75) is 26.0 Å². The number of hydrogen-bond donors (Lipinski definition) is 1. The quantitative estimate of drug-likeness (QED) is 0.910. The Bertz CT molecular complexity index is 518. The number of carbonyl (C=O) groups excluding carboxylic acids is 1. The number of amides is 1. The highest BCUT2D eigenvalue weighted by Crippen LogP contribution is 2.23. The first-order valence-corrected chi connectivity index (χ1v) is 7.47. The van der Waals surface area contributed by atoms with E-state index in [4.69, 9.17) is 9.47 Å². The molecule has 2 heterocycles. The van der Waals surface area contributed by atoms with Crippen molar-refractivity contribution >= 4 is 18.3 Å². The minimum atomic E-state index is 0. The van der Waals surface area contributed by atoms with Gasteiger partial charge in [-0.25, -0.2) is 0 Å². The number of morpholine rings is 1. The molecule has 0 aromatic heterocycles. The number of nitrogens with zero attached hydrogens (tertiary/aromatic N) is 1. The van der Waals surface area contributed by atoms with E-state index >= 15 is 0 Å². The molecule has 0 radical (unpaired) electrons. The maximum atomic E-state index is 12.5. The van der Waals surface area contributed by atoms with Crippen LogP contribution in [0.3, 0.4) is 0 Å². The summed E-state index contributed by atoms with van der Waals surface area (Å²) in [7, 11) is 0. The van der Waals surface area contributed by atoms with Gasteiger partial charge in [0.25, 0.3) is 5.91 Å². The van der Waals surface area contributed by atoms with E-state index < -0.39 is 0 Å². The number of fused-ring (bicyclic) bond motifs is 1. The normalized spacial score (nSPS) is 23.6. The monoisotopic (exact) mass is 326 g/mol. The van der Waals surface area contributed by atoms with Crippen molar-refractivity contribution in [2.75, 3.05) is 32.8 Å². The van der Waals surface area contributed by atoms with Crippen LogP contribution in [-0.2, 0) is 9.53 Å². The molecule has 3 rings (SSSR count). The standard InChI is InChI=1S/C16H22N2O3.ClH/c1-11-4-3-5-12(2)16(11)21-10-15(19)18-6-7-20-14-9-17-8-13(14)18;/h3-5,13-14,17H,6-10H2,1-2H3;1H/t13-,14+;/m1./s1. The number of ether oxygens (including phenoxy) is 2. The summed E-state index contributed by atoms with van der Waals surface area (Å²) in [6.45, 7) is 6.98. The molecule has 2 aliphatic rings. The predicted molar refractivity (Wildman–Crippen MR) is 86.8 cm³/mol. The van der Waals surface area contributed by atoms with Crippen molar-refractivity contribution in [3.63, 3.8) is 0 Å². The number of carbonyl (C=O) groups is 1. The van der Waals surface area contributed by atoms with Gasteiger partial charge in [0.1, 0.15) is 5.75 Å². The van der Waals surface area contributed by atoms with E-state index in [9.17, 15) is 4.79 Å². The lowest BCUT2D eigenvalue weighted by Gasteiger charge is -2.36. The summed E-state index contributed by atoms with van der Waals surface area (Å²) in [5.41, 5.74) is 2.12. The molecule has 0 bridgehead atoms. The van der Waals surface area contributed by atoms with Gasteiger partial charge in [0.2, 0.25) is 0 Å². The number of aryl methyl sites for hydroxylation is 2. The Labute approximate surface area is 137 Å². The third-order valence-electron chi connectivity index (χ3n) is 4.26. The molecule has 0 unspecified atom stereocenters. The van der Waals surface area contributed by atoms with Gasteiger partial charge in [0.15, 0.2) is 6.61 Å². The van der Waals surface area contributed by atoms with Crippen LogP contribution in [0.4, 0.5) is 0 Å². The van der Waals surface area contributed by atoms with Crippen LogP contribution in [-0.4, -0.2) is 55.8 Å². The summed E-state index contributed by atoms with van der Waals surface area (Å²) in [6.07, 6.45) is 0.128. The van der Waals surface area contributed by atoms with Crippen LogP contribution in [0.25, 0.3) is 0 Å². The zero-order valence-electron chi connectivity index (χ0n) is 13.0. The Balaban J connectivity index is 0.00000176. The number of hydrogen-bond acceptors (Lipinski definition) is 4. The van der Waals surface area contributed by atoms with Gasteiger partial charge in [-0.1, -0.05) is 18.2 Å². The van der Waals surface area contributed by atoms with Crippen LogP contribution in [0.5, 0.6) is 5.75 Å². The number of para-hydroxylation sites is 1. The molecule has 1 amide bonds. The third kappa shape index (κ3) is 3.37. The van der Waals surface area contributed by atoms with Gasteiger partial charge < -0.3 is 19.7 Å². The van der Waals surface area contributed by atoms with E-state index in [1.165, 1.54) is 0 Å². The third-order valence-corrected chi connectivity index (χ3v) is 4.26. The molecule has 1 N–H and O–H groups in total. The van der Waals surface area contributed by atoms with E-state index in [0.717, 1.165) is 30.0 Å². The highest BCUT2D eigenvalue weighted by atomic mass is 35.5. The van der Waals surface area contributed by atoms with Crippen molar-refractivity contribution in [1.29, 1.82) is 0 Å². The van der Waals surface area contributed by atoms with Crippen molar-refractivity contribution in [1.82, 2.24) is 10.2 Å². The molecule has 1 aromatic rings. The summed E-state index contributed by atoms with van der Waals surface area (Å²) in [5, 5.41) is 3.28. The summed E-state index contributed by atoms with van der Waals surface area (Å²) in [4.78, 5) is 14.4. The fourth-order valence-corrected chi connectivity index (χ4v) is 3.14. The van der Waals surface area contributed by atoms with E-state index in [0.29, 0.717) is 13.2 Å². The molecule has 0 saturated carbocycles. The first kappa shape index (κ1) is 17.1. The second-order valence-corrected chi connectivity index (χ2v) is 5.73. The molecule has 2 atom stereocenters. The average Bonchev–Trinajstić information content (AvgIpc) is 2.94.